The van der Waals surface area contributed by atoms with E-state index in [2.05, 4.69) is 46.8 Å². The fourth-order valence-electron chi connectivity index (χ4n) is 2.97. The van der Waals surface area contributed by atoms with E-state index in [1.165, 1.54) is 0 Å². The molecule has 0 saturated carbocycles. The molecule has 0 amide bonds. The van der Waals surface area contributed by atoms with E-state index >= 15 is 0 Å². The Morgan fingerprint density at radius 2 is 2.04 bits per heavy atom. The molecule has 27 heavy (non-hydrogen) atoms. The number of hydrogen-bond acceptors (Lipinski definition) is 5. The summed E-state index contributed by atoms with van der Waals surface area (Å²) in [6.45, 7) is 8.27. The first kappa shape index (κ1) is 18.9. The van der Waals surface area contributed by atoms with Crippen LogP contribution >= 0.6 is 0 Å². The van der Waals surface area contributed by atoms with Gasteiger partial charge < -0.3 is 15.2 Å². The van der Waals surface area contributed by atoms with Crippen molar-refractivity contribution in [3.63, 3.8) is 0 Å². The summed E-state index contributed by atoms with van der Waals surface area (Å²) < 4.78 is 7.42. The van der Waals surface area contributed by atoms with E-state index in [1.807, 2.05) is 28.8 Å². The zero-order chi connectivity index (χ0) is 19.1. The van der Waals surface area contributed by atoms with Crippen molar-refractivity contribution >= 4 is 11.6 Å². The normalized spacial score (nSPS) is 11.9. The highest BCUT2D eigenvalue weighted by Crippen LogP contribution is 2.16. The van der Waals surface area contributed by atoms with Gasteiger partial charge in [-0.3, -0.25) is 4.40 Å². The molecule has 0 atom stereocenters. The molecular formula is C19H27N7O. The van der Waals surface area contributed by atoms with Gasteiger partial charge in [0.05, 0.1) is 12.2 Å². The molecule has 3 aromatic heterocycles. The summed E-state index contributed by atoms with van der Waals surface area (Å²) >= 11 is 0. The molecule has 8 heteroatoms. The summed E-state index contributed by atoms with van der Waals surface area (Å²) in [5, 5.41) is 19.2. The molecule has 0 radical (unpaired) electrons. The Labute approximate surface area is 159 Å². The number of nitrogens with zero attached hydrogens (tertiary/aromatic N) is 5. The molecule has 0 spiro atoms. The first-order chi connectivity index (χ1) is 13.3. The van der Waals surface area contributed by atoms with Gasteiger partial charge in [0, 0.05) is 37.7 Å². The van der Waals surface area contributed by atoms with E-state index < -0.39 is 0 Å². The van der Waals surface area contributed by atoms with E-state index in [0.717, 1.165) is 60.3 Å². The number of rotatable bonds is 8. The largest absolute Gasteiger partial charge is 0.361 e. The van der Waals surface area contributed by atoms with Crippen LogP contribution in [0.3, 0.4) is 0 Å². The van der Waals surface area contributed by atoms with Crippen molar-refractivity contribution in [1.29, 1.82) is 0 Å². The number of hydrogen-bond donors (Lipinski definition) is 2. The van der Waals surface area contributed by atoms with Crippen molar-refractivity contribution in [2.45, 2.75) is 46.6 Å². The second-order valence-electron chi connectivity index (χ2n) is 6.16. The maximum Gasteiger partial charge on any atom is 0.191 e. The van der Waals surface area contributed by atoms with Crippen LogP contribution < -0.4 is 10.6 Å². The number of nitrogens with one attached hydrogen (secondary N) is 2. The van der Waals surface area contributed by atoms with Crippen LogP contribution in [0.4, 0.5) is 0 Å². The molecule has 0 aliphatic heterocycles. The molecule has 0 saturated heterocycles. The molecule has 0 fully saturated rings. The lowest BCUT2D eigenvalue weighted by Gasteiger charge is -2.11. The molecule has 0 bridgehead atoms. The maximum atomic E-state index is 5.42. The van der Waals surface area contributed by atoms with E-state index in [1.54, 1.807) is 0 Å². The van der Waals surface area contributed by atoms with Crippen LogP contribution in [0.25, 0.3) is 5.65 Å². The van der Waals surface area contributed by atoms with Crippen molar-refractivity contribution < 1.29 is 4.52 Å². The lowest BCUT2D eigenvalue weighted by Crippen LogP contribution is -2.38. The summed E-state index contributed by atoms with van der Waals surface area (Å²) in [7, 11) is 0. The minimum atomic E-state index is 0.555. The first-order valence-corrected chi connectivity index (χ1v) is 9.53. The average molecular weight is 369 g/mol. The van der Waals surface area contributed by atoms with Gasteiger partial charge in [0.1, 0.15) is 11.6 Å². The molecule has 0 aliphatic rings. The Morgan fingerprint density at radius 1 is 1.15 bits per heavy atom. The summed E-state index contributed by atoms with van der Waals surface area (Å²) in [4.78, 5) is 4.71. The second-order valence-corrected chi connectivity index (χ2v) is 6.16. The third-order valence-corrected chi connectivity index (χ3v) is 4.37. The van der Waals surface area contributed by atoms with E-state index in [4.69, 9.17) is 9.52 Å². The average Bonchev–Trinajstić information content (AvgIpc) is 3.29. The Morgan fingerprint density at radius 3 is 2.81 bits per heavy atom. The predicted octanol–water partition coefficient (Wildman–Crippen LogP) is 2.14. The van der Waals surface area contributed by atoms with Gasteiger partial charge in [0.15, 0.2) is 11.6 Å². The Hall–Kier alpha value is -2.90. The summed E-state index contributed by atoms with van der Waals surface area (Å²) in [6.07, 6.45) is 4.40. The number of aromatic nitrogens is 4. The Balaban J connectivity index is 1.63. The van der Waals surface area contributed by atoms with Gasteiger partial charge in [-0.15, -0.1) is 10.2 Å². The minimum Gasteiger partial charge on any atom is -0.361 e. The van der Waals surface area contributed by atoms with Crippen molar-refractivity contribution in [3.05, 3.63) is 47.2 Å². The third kappa shape index (κ3) is 4.45. The molecule has 3 aromatic rings. The van der Waals surface area contributed by atoms with Gasteiger partial charge in [-0.1, -0.05) is 25.1 Å². The number of guanidine groups is 1. The van der Waals surface area contributed by atoms with Crippen molar-refractivity contribution in [3.8, 4) is 0 Å². The smallest absolute Gasteiger partial charge is 0.191 e. The zero-order valence-electron chi connectivity index (χ0n) is 16.2. The predicted molar refractivity (Wildman–Crippen MR) is 105 cm³/mol. The molecule has 0 aliphatic carbocycles. The summed E-state index contributed by atoms with van der Waals surface area (Å²) in [5.41, 5.74) is 2.95. The summed E-state index contributed by atoms with van der Waals surface area (Å²) in [6, 6.07) is 5.89. The Bertz CT molecular complexity index is 875. The molecule has 3 heterocycles. The van der Waals surface area contributed by atoms with Crippen LogP contribution in [0.1, 0.15) is 43.6 Å². The van der Waals surface area contributed by atoms with Gasteiger partial charge in [-0.25, -0.2) is 4.99 Å². The second kappa shape index (κ2) is 9.16. The number of pyridine rings is 1. The molecule has 144 valence electrons. The van der Waals surface area contributed by atoms with Crippen molar-refractivity contribution in [2.75, 3.05) is 13.1 Å². The fourth-order valence-corrected chi connectivity index (χ4v) is 2.97. The number of aliphatic imine (C=N–C) groups is 1. The van der Waals surface area contributed by atoms with Crippen LogP contribution in [-0.2, 0) is 25.8 Å². The van der Waals surface area contributed by atoms with Crippen LogP contribution in [0.2, 0.25) is 0 Å². The number of aryl methyl sites for hydroxylation is 2. The van der Waals surface area contributed by atoms with Gasteiger partial charge in [0.2, 0.25) is 0 Å². The van der Waals surface area contributed by atoms with Crippen LogP contribution in [0.5, 0.6) is 0 Å². The highest BCUT2D eigenvalue weighted by molar-refractivity contribution is 5.79. The fraction of sp³-hybridized carbons (Fsp3) is 0.474. The molecule has 8 nitrogen and oxygen atoms in total. The van der Waals surface area contributed by atoms with Gasteiger partial charge in [0.25, 0.3) is 0 Å². The molecule has 3 rings (SSSR count). The molecule has 2 N–H and O–H groups in total. The first-order valence-electron chi connectivity index (χ1n) is 9.53. The lowest BCUT2D eigenvalue weighted by atomic mass is 10.1. The van der Waals surface area contributed by atoms with Crippen molar-refractivity contribution in [1.82, 2.24) is 30.4 Å². The third-order valence-electron chi connectivity index (χ3n) is 4.37. The SMILES string of the molecule is CCNC(=NCc1c(CC)noc1CC)NCCc1nnc2ccccn12. The highest BCUT2D eigenvalue weighted by Gasteiger charge is 2.13. The van der Waals surface area contributed by atoms with E-state index in [9.17, 15) is 0 Å². The standard InChI is InChI=1S/C19H27N7O/c1-4-15-14(16(5-2)27-25-15)13-22-19(20-6-3)21-11-10-18-24-23-17-9-7-8-12-26(17)18/h7-9,12H,4-6,10-11,13H2,1-3H3,(H2,20,21,22). The van der Waals surface area contributed by atoms with E-state index in [-0.39, 0.29) is 0 Å². The molecular weight excluding hydrogens is 342 g/mol. The topological polar surface area (TPSA) is 92.6 Å². The van der Waals surface area contributed by atoms with E-state index in [0.29, 0.717) is 13.1 Å². The van der Waals surface area contributed by atoms with Gasteiger partial charge in [-0.2, -0.15) is 0 Å². The quantitative estimate of drug-likeness (QED) is 0.467. The van der Waals surface area contributed by atoms with Gasteiger partial charge in [-0.05, 0) is 25.5 Å². The highest BCUT2D eigenvalue weighted by atomic mass is 16.5. The van der Waals surface area contributed by atoms with Crippen molar-refractivity contribution in [2.24, 2.45) is 4.99 Å². The molecule has 0 aromatic carbocycles. The van der Waals surface area contributed by atoms with Gasteiger partial charge >= 0.3 is 0 Å². The molecule has 0 unspecified atom stereocenters. The number of fused-ring (bicyclic) bond motifs is 1. The van der Waals surface area contributed by atoms with Crippen LogP contribution in [0, 0.1) is 0 Å². The summed E-state index contributed by atoms with van der Waals surface area (Å²) in [5.74, 6) is 2.62. The zero-order valence-corrected chi connectivity index (χ0v) is 16.2. The minimum absolute atomic E-state index is 0.555. The monoisotopic (exact) mass is 369 g/mol. The van der Waals surface area contributed by atoms with Crippen LogP contribution in [-0.4, -0.2) is 38.8 Å². The van der Waals surface area contributed by atoms with Crippen LogP contribution in [0.15, 0.2) is 33.9 Å². The Kier molecular flexibility index (Phi) is 6.40. The maximum absolute atomic E-state index is 5.42. The lowest BCUT2D eigenvalue weighted by molar-refractivity contribution is 0.380.